The Morgan fingerprint density at radius 3 is 3.00 bits per heavy atom. The van der Waals surface area contributed by atoms with Crippen LogP contribution in [0.25, 0.3) is 0 Å². The number of carbonyl (C=O) groups excluding carboxylic acids is 1. The Morgan fingerprint density at radius 1 is 1.50 bits per heavy atom. The van der Waals surface area contributed by atoms with Crippen molar-refractivity contribution in [3.8, 4) is 0 Å². The number of nitrogens with one attached hydrogen (secondary N) is 1. The highest BCUT2D eigenvalue weighted by molar-refractivity contribution is 5.78. The molecule has 0 radical (unpaired) electrons. The molecule has 1 aliphatic heterocycles. The number of amides is 1. The van der Waals surface area contributed by atoms with Crippen molar-refractivity contribution in [3.05, 3.63) is 29.6 Å². The second-order valence-corrected chi connectivity index (χ2v) is 4.07. The molecule has 1 aliphatic rings. The van der Waals surface area contributed by atoms with Gasteiger partial charge in [-0.1, -0.05) is 13.0 Å². The highest BCUT2D eigenvalue weighted by atomic mass is 16.2. The van der Waals surface area contributed by atoms with Gasteiger partial charge in [0.2, 0.25) is 5.91 Å². The van der Waals surface area contributed by atoms with Crippen LogP contribution in [0.15, 0.2) is 18.3 Å². The summed E-state index contributed by atoms with van der Waals surface area (Å²) in [6, 6.07) is 4.15. The number of rotatable bonds is 3. The van der Waals surface area contributed by atoms with Gasteiger partial charge in [0.1, 0.15) is 0 Å². The fourth-order valence-corrected chi connectivity index (χ4v) is 1.81. The van der Waals surface area contributed by atoms with Crippen molar-refractivity contribution in [2.45, 2.75) is 19.9 Å². The summed E-state index contributed by atoms with van der Waals surface area (Å²) in [5.74, 6) is 0.108. The smallest absolute Gasteiger partial charge is 0.234 e. The molecule has 0 aliphatic carbocycles. The van der Waals surface area contributed by atoms with E-state index in [1.54, 1.807) is 0 Å². The number of aryl methyl sites for hydroxylation is 1. The van der Waals surface area contributed by atoms with Crippen molar-refractivity contribution in [1.29, 1.82) is 0 Å². The minimum atomic E-state index is 0.108. The second kappa shape index (κ2) is 5.07. The first-order valence-corrected chi connectivity index (χ1v) is 5.71. The van der Waals surface area contributed by atoms with Crippen LogP contribution in [0.2, 0.25) is 0 Å². The predicted octanol–water partition coefficient (Wildman–Crippen LogP) is 0.576. The van der Waals surface area contributed by atoms with Crippen molar-refractivity contribution in [3.63, 3.8) is 0 Å². The van der Waals surface area contributed by atoms with Crippen molar-refractivity contribution in [2.24, 2.45) is 0 Å². The lowest BCUT2D eigenvalue weighted by atomic mass is 10.2. The first-order valence-electron chi connectivity index (χ1n) is 5.71. The summed E-state index contributed by atoms with van der Waals surface area (Å²) in [4.78, 5) is 17.7. The average molecular weight is 219 g/mol. The van der Waals surface area contributed by atoms with E-state index < -0.39 is 0 Å². The normalized spacial score (nSPS) is 17.2. The molecule has 4 nitrogen and oxygen atoms in total. The molecule has 0 aromatic carbocycles. The largest absolute Gasteiger partial charge is 0.354 e. The van der Waals surface area contributed by atoms with Crippen LogP contribution in [-0.2, 0) is 17.8 Å². The number of hydrogen-bond acceptors (Lipinski definition) is 3. The summed E-state index contributed by atoms with van der Waals surface area (Å²) in [5.41, 5.74) is 2.28. The van der Waals surface area contributed by atoms with Crippen LogP contribution in [0, 0.1) is 0 Å². The zero-order valence-corrected chi connectivity index (χ0v) is 9.57. The molecule has 4 heteroatoms. The number of nitrogens with zero attached hydrogens (tertiary/aromatic N) is 2. The highest BCUT2D eigenvalue weighted by Gasteiger charge is 2.16. The molecule has 1 N–H and O–H groups in total. The maximum atomic E-state index is 11.2. The molecule has 1 saturated heterocycles. The molecule has 2 heterocycles. The lowest BCUT2D eigenvalue weighted by Crippen LogP contribution is -2.47. The summed E-state index contributed by atoms with van der Waals surface area (Å²) in [6.07, 6.45) is 2.93. The quantitative estimate of drug-likeness (QED) is 0.808. The summed E-state index contributed by atoms with van der Waals surface area (Å²) < 4.78 is 0. The van der Waals surface area contributed by atoms with Gasteiger partial charge in [-0.05, 0) is 18.1 Å². The van der Waals surface area contributed by atoms with Gasteiger partial charge in [-0.3, -0.25) is 14.7 Å². The third-order valence-electron chi connectivity index (χ3n) is 2.80. The first kappa shape index (κ1) is 11.1. The Balaban J connectivity index is 1.94. The fourth-order valence-electron chi connectivity index (χ4n) is 1.81. The van der Waals surface area contributed by atoms with Gasteiger partial charge in [0, 0.05) is 25.8 Å². The molecule has 1 aromatic rings. The molecule has 0 spiro atoms. The molecular weight excluding hydrogens is 202 g/mol. The molecule has 86 valence electrons. The fraction of sp³-hybridized carbons (Fsp3) is 0.500. The van der Waals surface area contributed by atoms with Crippen LogP contribution in [0.1, 0.15) is 18.2 Å². The summed E-state index contributed by atoms with van der Waals surface area (Å²) in [7, 11) is 0. The molecule has 0 unspecified atom stereocenters. The Hall–Kier alpha value is -1.42. The van der Waals surface area contributed by atoms with E-state index in [0.29, 0.717) is 6.54 Å². The van der Waals surface area contributed by atoms with Crippen LogP contribution >= 0.6 is 0 Å². The van der Waals surface area contributed by atoms with E-state index in [1.165, 1.54) is 5.56 Å². The van der Waals surface area contributed by atoms with Gasteiger partial charge in [0.05, 0.1) is 12.2 Å². The molecule has 1 amide bonds. The molecular formula is C12H17N3O. The van der Waals surface area contributed by atoms with Gasteiger partial charge in [-0.15, -0.1) is 0 Å². The predicted molar refractivity (Wildman–Crippen MR) is 61.9 cm³/mol. The van der Waals surface area contributed by atoms with Crippen LogP contribution in [0.5, 0.6) is 0 Å². The Labute approximate surface area is 95.7 Å². The topological polar surface area (TPSA) is 45.2 Å². The molecule has 16 heavy (non-hydrogen) atoms. The third-order valence-corrected chi connectivity index (χ3v) is 2.80. The lowest BCUT2D eigenvalue weighted by molar-refractivity contribution is -0.124. The monoisotopic (exact) mass is 219 g/mol. The van der Waals surface area contributed by atoms with Gasteiger partial charge >= 0.3 is 0 Å². The van der Waals surface area contributed by atoms with E-state index in [1.807, 2.05) is 12.3 Å². The van der Waals surface area contributed by atoms with Crippen LogP contribution in [0.3, 0.4) is 0 Å². The number of aromatic nitrogens is 1. The average Bonchev–Trinajstić information content (AvgIpc) is 2.30. The van der Waals surface area contributed by atoms with E-state index in [2.05, 4.69) is 28.2 Å². The van der Waals surface area contributed by atoms with E-state index >= 15 is 0 Å². The number of piperazine rings is 1. The zero-order valence-electron chi connectivity index (χ0n) is 9.57. The number of pyridine rings is 1. The molecule has 1 aromatic heterocycles. The van der Waals surface area contributed by atoms with Crippen molar-refractivity contribution >= 4 is 5.91 Å². The minimum absolute atomic E-state index is 0.108. The van der Waals surface area contributed by atoms with Crippen molar-refractivity contribution in [2.75, 3.05) is 19.6 Å². The van der Waals surface area contributed by atoms with Gasteiger partial charge in [-0.25, -0.2) is 0 Å². The minimum Gasteiger partial charge on any atom is -0.354 e. The summed E-state index contributed by atoms with van der Waals surface area (Å²) in [5, 5.41) is 2.81. The maximum Gasteiger partial charge on any atom is 0.234 e. The molecule has 0 bridgehead atoms. The van der Waals surface area contributed by atoms with Crippen molar-refractivity contribution in [1.82, 2.24) is 15.2 Å². The Kier molecular flexibility index (Phi) is 3.51. The molecule has 0 saturated carbocycles. The van der Waals surface area contributed by atoms with Gasteiger partial charge in [0.15, 0.2) is 0 Å². The van der Waals surface area contributed by atoms with Gasteiger partial charge in [-0.2, -0.15) is 0 Å². The van der Waals surface area contributed by atoms with Crippen LogP contribution in [-0.4, -0.2) is 35.4 Å². The number of hydrogen-bond donors (Lipinski definition) is 1. The number of carbonyl (C=O) groups is 1. The second-order valence-electron chi connectivity index (χ2n) is 4.07. The standard InChI is InChI=1S/C12H17N3O/c1-2-10-3-4-11(14-7-10)8-15-6-5-13-12(16)9-15/h3-4,7H,2,5-6,8-9H2,1H3,(H,13,16). The highest BCUT2D eigenvalue weighted by Crippen LogP contribution is 2.05. The zero-order chi connectivity index (χ0) is 11.4. The van der Waals surface area contributed by atoms with Crippen molar-refractivity contribution < 1.29 is 4.79 Å². The Bertz CT molecular complexity index is 361. The van der Waals surface area contributed by atoms with E-state index in [0.717, 1.165) is 31.7 Å². The summed E-state index contributed by atoms with van der Waals surface area (Å²) in [6.45, 7) is 5.01. The maximum absolute atomic E-state index is 11.2. The van der Waals surface area contributed by atoms with Crippen LogP contribution in [0.4, 0.5) is 0 Å². The van der Waals surface area contributed by atoms with Gasteiger partial charge < -0.3 is 5.32 Å². The van der Waals surface area contributed by atoms with E-state index in [9.17, 15) is 4.79 Å². The van der Waals surface area contributed by atoms with E-state index in [4.69, 9.17) is 0 Å². The lowest BCUT2D eigenvalue weighted by Gasteiger charge is -2.25. The SMILES string of the molecule is CCc1ccc(CN2CCNC(=O)C2)nc1. The van der Waals surface area contributed by atoms with Crippen LogP contribution < -0.4 is 5.32 Å². The first-order chi connectivity index (χ1) is 7.78. The molecule has 2 rings (SSSR count). The van der Waals surface area contributed by atoms with Gasteiger partial charge in [0.25, 0.3) is 0 Å². The third kappa shape index (κ3) is 2.79. The Morgan fingerprint density at radius 2 is 2.38 bits per heavy atom. The van der Waals surface area contributed by atoms with E-state index in [-0.39, 0.29) is 5.91 Å². The summed E-state index contributed by atoms with van der Waals surface area (Å²) >= 11 is 0. The molecule has 0 atom stereocenters. The molecule has 1 fully saturated rings.